The van der Waals surface area contributed by atoms with Crippen molar-refractivity contribution in [1.29, 1.82) is 0 Å². The van der Waals surface area contributed by atoms with Crippen LogP contribution in [0.5, 0.6) is 5.75 Å². The van der Waals surface area contributed by atoms with E-state index in [4.69, 9.17) is 37.4 Å². The van der Waals surface area contributed by atoms with Gasteiger partial charge in [0, 0.05) is 61.3 Å². The highest BCUT2D eigenvalue weighted by Crippen LogP contribution is 2.38. The lowest BCUT2D eigenvalue weighted by atomic mass is 10.1. The summed E-state index contributed by atoms with van der Waals surface area (Å²) in [5.74, 6) is -1.50. The van der Waals surface area contributed by atoms with Crippen LogP contribution < -0.4 is 9.64 Å². The van der Waals surface area contributed by atoms with Gasteiger partial charge in [-0.25, -0.2) is 13.4 Å². The predicted molar refractivity (Wildman–Crippen MR) is 156 cm³/mol. The van der Waals surface area contributed by atoms with Crippen LogP contribution in [0, 0.1) is 0 Å². The summed E-state index contributed by atoms with van der Waals surface area (Å²) < 4.78 is 84.1. The van der Waals surface area contributed by atoms with Crippen LogP contribution in [0.2, 0.25) is 10.0 Å². The number of aromatic nitrogens is 2. The number of ether oxygens (including phenoxy) is 3. The second kappa shape index (κ2) is 13.2. The molecule has 0 N–H and O–H groups in total. The van der Waals surface area contributed by atoms with Crippen LogP contribution in [0.15, 0.2) is 61.2 Å². The van der Waals surface area contributed by atoms with E-state index in [2.05, 4.69) is 4.98 Å². The number of piperazine rings is 1. The number of imidazole rings is 1. The normalized spacial score (nSPS) is 22.3. The van der Waals surface area contributed by atoms with Gasteiger partial charge < -0.3 is 23.7 Å². The van der Waals surface area contributed by atoms with Crippen molar-refractivity contribution in [2.45, 2.75) is 37.5 Å². The Bertz CT molecular complexity index is 1470. The standard InChI is InChI=1S/C28H31Cl2F3N4O5S/c29-21-1-6-25(26(30)17-21)27(19-35-10-9-34-20-35)40-15-7-24(18-41-27)42-23-4-2-22(3-5-23)36-11-13-37(14-12-36)43(38,39)16-8-28(31,32)33/h1-6,9-10,17,20,24H,7-8,11-16,18-19H2/t24?,27-/m1/s1. The maximum atomic E-state index is 12.5. The molecule has 2 atom stereocenters. The van der Waals surface area contributed by atoms with Gasteiger partial charge in [0.05, 0.1) is 43.3 Å². The van der Waals surface area contributed by atoms with Crippen LogP contribution in [-0.4, -0.2) is 79.7 Å². The minimum Gasteiger partial charge on any atom is -0.488 e. The zero-order chi connectivity index (χ0) is 30.7. The Morgan fingerprint density at radius 1 is 1.05 bits per heavy atom. The Labute approximate surface area is 258 Å². The third-order valence-corrected chi connectivity index (χ3v) is 9.77. The van der Waals surface area contributed by atoms with Crippen molar-refractivity contribution < 1.29 is 35.8 Å². The van der Waals surface area contributed by atoms with Gasteiger partial charge in [0.2, 0.25) is 15.8 Å². The molecule has 15 heteroatoms. The Hall–Kier alpha value is -2.55. The van der Waals surface area contributed by atoms with E-state index in [0.717, 1.165) is 9.99 Å². The fraction of sp³-hybridized carbons (Fsp3) is 0.464. The summed E-state index contributed by atoms with van der Waals surface area (Å²) >= 11 is 12.7. The molecule has 234 valence electrons. The molecular weight excluding hydrogens is 632 g/mol. The summed E-state index contributed by atoms with van der Waals surface area (Å²) in [4.78, 5) is 6.11. The summed E-state index contributed by atoms with van der Waals surface area (Å²) in [6, 6.07) is 12.6. The van der Waals surface area contributed by atoms with E-state index < -0.39 is 34.2 Å². The molecule has 2 fully saturated rings. The van der Waals surface area contributed by atoms with Gasteiger partial charge in [-0.3, -0.25) is 0 Å². The van der Waals surface area contributed by atoms with Crippen molar-refractivity contribution >= 4 is 38.9 Å². The molecule has 0 amide bonds. The quantitative estimate of drug-likeness (QED) is 0.306. The number of benzene rings is 2. The molecule has 3 heterocycles. The minimum absolute atomic E-state index is 0.121. The number of nitrogens with zero attached hydrogens (tertiary/aromatic N) is 4. The summed E-state index contributed by atoms with van der Waals surface area (Å²) in [7, 11) is -3.97. The average Bonchev–Trinajstić information content (AvgIpc) is 3.39. The molecule has 1 unspecified atom stereocenters. The topological polar surface area (TPSA) is 86.1 Å². The fourth-order valence-electron chi connectivity index (χ4n) is 5.08. The zero-order valence-corrected chi connectivity index (χ0v) is 25.4. The fourth-order valence-corrected chi connectivity index (χ4v) is 7.10. The number of anilines is 1. The smallest absolute Gasteiger partial charge is 0.390 e. The van der Waals surface area contributed by atoms with Gasteiger partial charge in [0.15, 0.2) is 0 Å². The lowest BCUT2D eigenvalue weighted by Gasteiger charge is -2.35. The molecular formula is C28H31Cl2F3N4O5S. The second-order valence-electron chi connectivity index (χ2n) is 10.4. The average molecular weight is 664 g/mol. The van der Waals surface area contributed by atoms with Gasteiger partial charge in [-0.1, -0.05) is 29.3 Å². The van der Waals surface area contributed by atoms with E-state index in [-0.39, 0.29) is 25.8 Å². The molecule has 0 radical (unpaired) electrons. The van der Waals surface area contributed by atoms with Gasteiger partial charge in [0.1, 0.15) is 11.9 Å². The van der Waals surface area contributed by atoms with Gasteiger partial charge in [-0.15, -0.1) is 0 Å². The molecule has 2 aromatic carbocycles. The van der Waals surface area contributed by atoms with Crippen molar-refractivity contribution in [3.8, 4) is 5.75 Å². The van der Waals surface area contributed by atoms with E-state index in [9.17, 15) is 21.6 Å². The first-order valence-corrected chi connectivity index (χ1v) is 16.0. The van der Waals surface area contributed by atoms with Gasteiger partial charge in [0.25, 0.3) is 0 Å². The molecule has 2 aliphatic heterocycles. The number of hydrogen-bond donors (Lipinski definition) is 0. The lowest BCUT2D eigenvalue weighted by molar-refractivity contribution is -0.245. The van der Waals surface area contributed by atoms with Crippen LogP contribution in [-0.2, 0) is 31.8 Å². The molecule has 0 aliphatic carbocycles. The molecule has 1 aromatic heterocycles. The van der Waals surface area contributed by atoms with E-state index in [0.29, 0.717) is 54.0 Å². The lowest BCUT2D eigenvalue weighted by Crippen LogP contribution is -2.49. The Balaban J connectivity index is 1.19. The maximum Gasteiger partial charge on any atom is 0.390 e. The number of rotatable bonds is 9. The SMILES string of the molecule is O=S(=O)(CCC(F)(F)F)N1CCN(c2ccc(OC3CCO[C@@](Cn4ccnc4)(c4ccc(Cl)cc4Cl)OC3)cc2)CC1. The zero-order valence-electron chi connectivity index (χ0n) is 23.1. The van der Waals surface area contributed by atoms with Crippen LogP contribution in [0.25, 0.3) is 0 Å². The van der Waals surface area contributed by atoms with Crippen molar-refractivity contribution in [3.05, 3.63) is 76.8 Å². The van der Waals surface area contributed by atoms with Crippen LogP contribution in [0.1, 0.15) is 18.4 Å². The van der Waals surface area contributed by atoms with Gasteiger partial charge in [-0.05, 0) is 36.4 Å². The Kier molecular flexibility index (Phi) is 9.79. The number of alkyl halides is 3. The highest BCUT2D eigenvalue weighted by molar-refractivity contribution is 7.89. The minimum atomic E-state index is -4.51. The third-order valence-electron chi connectivity index (χ3n) is 7.35. The van der Waals surface area contributed by atoms with E-state index in [1.165, 1.54) is 0 Å². The van der Waals surface area contributed by atoms with Gasteiger partial charge in [-0.2, -0.15) is 17.5 Å². The highest BCUT2D eigenvalue weighted by atomic mass is 35.5. The maximum absolute atomic E-state index is 12.5. The predicted octanol–water partition coefficient (Wildman–Crippen LogP) is 5.33. The molecule has 43 heavy (non-hydrogen) atoms. The molecule has 2 aliphatic rings. The van der Waals surface area contributed by atoms with Crippen molar-refractivity contribution in [2.75, 3.05) is 50.0 Å². The largest absolute Gasteiger partial charge is 0.488 e. The third kappa shape index (κ3) is 8.14. The molecule has 2 saturated heterocycles. The molecule has 0 bridgehead atoms. The first kappa shape index (κ1) is 31.9. The van der Waals surface area contributed by atoms with Crippen LogP contribution in [0.3, 0.4) is 0 Å². The first-order chi connectivity index (χ1) is 20.4. The first-order valence-electron chi connectivity index (χ1n) is 13.7. The van der Waals surface area contributed by atoms with Crippen molar-refractivity contribution in [1.82, 2.24) is 13.9 Å². The summed E-state index contributed by atoms with van der Waals surface area (Å²) in [5, 5.41) is 0.917. The second-order valence-corrected chi connectivity index (χ2v) is 13.3. The van der Waals surface area contributed by atoms with Crippen molar-refractivity contribution in [2.24, 2.45) is 0 Å². The Morgan fingerprint density at radius 2 is 1.79 bits per heavy atom. The molecule has 3 aromatic rings. The van der Waals surface area contributed by atoms with E-state index in [1.807, 2.05) is 39.9 Å². The van der Waals surface area contributed by atoms with E-state index in [1.54, 1.807) is 30.7 Å². The highest BCUT2D eigenvalue weighted by Gasteiger charge is 2.40. The summed E-state index contributed by atoms with van der Waals surface area (Å²) in [6.07, 6.45) is -0.463. The van der Waals surface area contributed by atoms with E-state index >= 15 is 0 Å². The molecule has 5 rings (SSSR count). The molecule has 9 nitrogen and oxygen atoms in total. The molecule has 0 spiro atoms. The summed E-state index contributed by atoms with van der Waals surface area (Å²) in [6.45, 7) is 1.85. The monoisotopic (exact) mass is 662 g/mol. The number of halogens is 5. The number of sulfonamides is 1. The Morgan fingerprint density at radius 3 is 2.44 bits per heavy atom. The summed E-state index contributed by atoms with van der Waals surface area (Å²) in [5.41, 5.74) is 1.50. The van der Waals surface area contributed by atoms with Crippen molar-refractivity contribution in [3.63, 3.8) is 0 Å². The van der Waals surface area contributed by atoms with Crippen LogP contribution in [0.4, 0.5) is 18.9 Å². The van der Waals surface area contributed by atoms with Crippen LogP contribution >= 0.6 is 23.2 Å². The molecule has 0 saturated carbocycles. The van der Waals surface area contributed by atoms with Gasteiger partial charge >= 0.3 is 6.18 Å². The number of hydrogen-bond acceptors (Lipinski definition) is 7.